The number of benzene rings is 1. The van der Waals surface area contributed by atoms with Crippen LogP contribution in [0.25, 0.3) is 22.3 Å². The Morgan fingerprint density at radius 3 is 2.40 bits per heavy atom. The summed E-state index contributed by atoms with van der Waals surface area (Å²) in [5, 5.41) is 0.792. The molecular formula is C17H18N4O3S. The van der Waals surface area contributed by atoms with E-state index in [0.29, 0.717) is 22.9 Å². The molecule has 0 spiro atoms. The van der Waals surface area contributed by atoms with Gasteiger partial charge in [0, 0.05) is 33.6 Å². The van der Waals surface area contributed by atoms with E-state index in [2.05, 4.69) is 15.0 Å². The molecule has 3 aromatic rings. The Morgan fingerprint density at radius 2 is 1.80 bits per heavy atom. The number of aromatic nitrogens is 3. The number of nitrogens with one attached hydrogen (secondary N) is 1. The van der Waals surface area contributed by atoms with Gasteiger partial charge in [-0.3, -0.25) is 9.76 Å². The van der Waals surface area contributed by atoms with Gasteiger partial charge in [-0.25, -0.2) is 14.2 Å². The molecule has 0 aliphatic rings. The van der Waals surface area contributed by atoms with Crippen molar-refractivity contribution in [1.29, 1.82) is 4.78 Å². The fraction of sp³-hybridized carbons (Fsp3) is 0.235. The highest BCUT2D eigenvalue weighted by atomic mass is 32.2. The van der Waals surface area contributed by atoms with Crippen LogP contribution in [0.3, 0.4) is 0 Å². The summed E-state index contributed by atoms with van der Waals surface area (Å²) in [5.74, 6) is 1.36. The van der Waals surface area contributed by atoms with Gasteiger partial charge in [0.2, 0.25) is 0 Å². The highest BCUT2D eigenvalue weighted by Gasteiger charge is 2.13. The summed E-state index contributed by atoms with van der Waals surface area (Å²) < 4.78 is 29.8. The van der Waals surface area contributed by atoms with Crippen LogP contribution in [0.1, 0.15) is 5.56 Å². The smallest absolute Gasteiger partial charge is 0.162 e. The largest absolute Gasteiger partial charge is 0.493 e. The highest BCUT2D eigenvalue weighted by molar-refractivity contribution is 7.90. The van der Waals surface area contributed by atoms with Gasteiger partial charge in [0.05, 0.1) is 36.9 Å². The van der Waals surface area contributed by atoms with Crippen molar-refractivity contribution in [2.45, 2.75) is 5.75 Å². The van der Waals surface area contributed by atoms with E-state index < -0.39 is 9.73 Å². The quantitative estimate of drug-likeness (QED) is 0.753. The van der Waals surface area contributed by atoms with Crippen LogP contribution in [-0.4, -0.2) is 39.6 Å². The fourth-order valence-electron chi connectivity index (χ4n) is 2.56. The minimum absolute atomic E-state index is 0.176. The maximum atomic E-state index is 11.6. The van der Waals surface area contributed by atoms with E-state index in [4.69, 9.17) is 14.3 Å². The summed E-state index contributed by atoms with van der Waals surface area (Å²) in [6.45, 7) is 0. The number of fused-ring (bicyclic) bond motifs is 1. The summed E-state index contributed by atoms with van der Waals surface area (Å²) in [7, 11) is 0.544. The molecule has 2 aromatic heterocycles. The summed E-state index contributed by atoms with van der Waals surface area (Å²) in [6, 6.07) is 7.23. The summed E-state index contributed by atoms with van der Waals surface area (Å²) in [6.07, 6.45) is 4.52. The number of hydrogen-bond acceptors (Lipinski definition) is 7. The molecule has 130 valence electrons. The molecule has 0 aliphatic carbocycles. The Labute approximate surface area is 146 Å². The third-order valence-corrected chi connectivity index (χ3v) is 4.53. The molecule has 2 heterocycles. The normalized spacial score (nSPS) is 13.4. The number of nitrogens with zero attached hydrogens (tertiary/aromatic N) is 3. The Morgan fingerprint density at radius 1 is 1.08 bits per heavy atom. The van der Waals surface area contributed by atoms with Crippen LogP contribution in [0.5, 0.6) is 11.5 Å². The number of methoxy groups -OCH3 is 2. The lowest BCUT2D eigenvalue weighted by Gasteiger charge is -2.11. The van der Waals surface area contributed by atoms with Crippen molar-refractivity contribution in [2.24, 2.45) is 0 Å². The van der Waals surface area contributed by atoms with Crippen LogP contribution in [0, 0.1) is 4.78 Å². The second-order valence-corrected chi connectivity index (χ2v) is 7.95. The number of ether oxygens (including phenoxy) is 2. The maximum Gasteiger partial charge on any atom is 0.162 e. The Balaban J connectivity index is 2.09. The monoisotopic (exact) mass is 358 g/mol. The van der Waals surface area contributed by atoms with Gasteiger partial charge in [-0.1, -0.05) is 6.07 Å². The second-order valence-electron chi connectivity index (χ2n) is 5.65. The molecule has 0 radical (unpaired) electrons. The SMILES string of the molecule is COc1cc2ncnc(-c3ccc(CS(C)(=N)=O)cn3)c2cc1OC. The lowest BCUT2D eigenvalue weighted by Crippen LogP contribution is -2.00. The molecule has 7 nitrogen and oxygen atoms in total. The molecule has 0 saturated heterocycles. The van der Waals surface area contributed by atoms with E-state index in [-0.39, 0.29) is 5.75 Å². The van der Waals surface area contributed by atoms with Gasteiger partial charge < -0.3 is 9.47 Å². The van der Waals surface area contributed by atoms with Crippen molar-refractivity contribution >= 4 is 20.6 Å². The molecule has 3 rings (SSSR count). The zero-order chi connectivity index (χ0) is 18.0. The number of pyridine rings is 1. The molecule has 1 N–H and O–H groups in total. The Bertz CT molecular complexity index is 1020. The molecule has 1 aromatic carbocycles. The highest BCUT2D eigenvalue weighted by Crippen LogP contribution is 2.34. The van der Waals surface area contributed by atoms with Gasteiger partial charge >= 0.3 is 0 Å². The Kier molecular flexibility index (Phi) is 4.54. The molecule has 0 fully saturated rings. The summed E-state index contributed by atoms with van der Waals surface area (Å²) in [4.78, 5) is 13.0. The molecule has 1 atom stereocenters. The molecule has 0 bridgehead atoms. The minimum atomic E-state index is -2.60. The summed E-state index contributed by atoms with van der Waals surface area (Å²) in [5.41, 5.74) is 2.80. The topological polar surface area (TPSA) is 98.1 Å². The van der Waals surface area contributed by atoms with Crippen LogP contribution < -0.4 is 9.47 Å². The zero-order valence-corrected chi connectivity index (χ0v) is 15.0. The van der Waals surface area contributed by atoms with Crippen molar-refractivity contribution in [3.63, 3.8) is 0 Å². The zero-order valence-electron chi connectivity index (χ0n) is 14.1. The first-order valence-corrected chi connectivity index (χ1v) is 9.58. The predicted octanol–water partition coefficient (Wildman–Crippen LogP) is 2.89. The van der Waals surface area contributed by atoms with Crippen molar-refractivity contribution in [2.75, 3.05) is 20.5 Å². The number of rotatable bonds is 5. The lowest BCUT2D eigenvalue weighted by molar-refractivity contribution is 0.356. The molecule has 25 heavy (non-hydrogen) atoms. The van der Waals surface area contributed by atoms with Crippen LogP contribution >= 0.6 is 0 Å². The van der Waals surface area contributed by atoms with Gasteiger partial charge in [0.15, 0.2) is 11.5 Å². The molecule has 1 unspecified atom stereocenters. The van der Waals surface area contributed by atoms with Gasteiger partial charge in [0.25, 0.3) is 0 Å². The van der Waals surface area contributed by atoms with E-state index in [1.54, 1.807) is 32.5 Å². The molecule has 0 saturated carbocycles. The first-order chi connectivity index (χ1) is 11.9. The van der Waals surface area contributed by atoms with Crippen molar-refractivity contribution in [1.82, 2.24) is 15.0 Å². The molecule has 0 amide bonds. The molecular weight excluding hydrogens is 340 g/mol. The van der Waals surface area contributed by atoms with E-state index in [1.165, 1.54) is 12.6 Å². The van der Waals surface area contributed by atoms with Crippen molar-refractivity contribution in [3.8, 4) is 22.9 Å². The standard InChI is InChI=1S/C17H18N4O3S/c1-23-15-6-12-14(7-16(15)24-2)20-10-21-17(12)13-5-4-11(8-19-13)9-25(3,18)22/h4-8,10,18H,9H2,1-3H3. The third kappa shape index (κ3) is 3.69. The lowest BCUT2D eigenvalue weighted by atomic mass is 10.1. The number of hydrogen-bond donors (Lipinski definition) is 1. The first-order valence-electron chi connectivity index (χ1n) is 7.45. The van der Waals surface area contributed by atoms with Crippen LogP contribution in [0.4, 0.5) is 0 Å². The van der Waals surface area contributed by atoms with E-state index in [0.717, 1.165) is 16.5 Å². The molecule has 8 heteroatoms. The van der Waals surface area contributed by atoms with Gasteiger partial charge in [-0.15, -0.1) is 0 Å². The average molecular weight is 358 g/mol. The third-order valence-electron chi connectivity index (χ3n) is 3.65. The van der Waals surface area contributed by atoms with Crippen molar-refractivity contribution < 1.29 is 13.7 Å². The van der Waals surface area contributed by atoms with Crippen LogP contribution in [0.15, 0.2) is 36.8 Å². The fourth-order valence-corrected chi connectivity index (χ4v) is 3.36. The van der Waals surface area contributed by atoms with Gasteiger partial charge in [-0.2, -0.15) is 0 Å². The van der Waals surface area contributed by atoms with E-state index in [9.17, 15) is 4.21 Å². The molecule has 0 aliphatic heterocycles. The van der Waals surface area contributed by atoms with Crippen LogP contribution in [0.2, 0.25) is 0 Å². The predicted molar refractivity (Wildman–Crippen MR) is 96.4 cm³/mol. The second kappa shape index (κ2) is 6.64. The average Bonchev–Trinajstić information content (AvgIpc) is 2.59. The van der Waals surface area contributed by atoms with Crippen molar-refractivity contribution in [3.05, 3.63) is 42.4 Å². The maximum absolute atomic E-state index is 11.6. The van der Waals surface area contributed by atoms with E-state index in [1.807, 2.05) is 12.1 Å². The summed E-state index contributed by atoms with van der Waals surface area (Å²) >= 11 is 0. The van der Waals surface area contributed by atoms with E-state index >= 15 is 0 Å². The van der Waals surface area contributed by atoms with Gasteiger partial charge in [0.1, 0.15) is 6.33 Å². The van der Waals surface area contributed by atoms with Gasteiger partial charge in [-0.05, 0) is 17.7 Å². The first kappa shape index (κ1) is 17.1. The Hall–Kier alpha value is -2.74. The van der Waals surface area contributed by atoms with Crippen LogP contribution in [-0.2, 0) is 15.5 Å². The minimum Gasteiger partial charge on any atom is -0.493 e.